The number of benzene rings is 2. The number of nitrogens with zero attached hydrogens (tertiary/aromatic N) is 3. The van der Waals surface area contributed by atoms with Crippen LogP contribution in [0.25, 0.3) is 0 Å². The van der Waals surface area contributed by atoms with Crippen molar-refractivity contribution in [3.63, 3.8) is 0 Å². The van der Waals surface area contributed by atoms with Crippen LogP contribution in [0.15, 0.2) is 89.1 Å². The zero-order valence-corrected chi connectivity index (χ0v) is 16.7. The third kappa shape index (κ3) is 4.09. The summed E-state index contributed by atoms with van der Waals surface area (Å²) in [5, 5.41) is 14.7. The fourth-order valence-corrected chi connectivity index (χ4v) is 4.56. The molecule has 1 N–H and O–H groups in total. The second-order valence-corrected chi connectivity index (χ2v) is 7.89. The summed E-state index contributed by atoms with van der Waals surface area (Å²) in [4.78, 5) is 22.4. The van der Waals surface area contributed by atoms with Gasteiger partial charge in [0.1, 0.15) is 10.7 Å². The maximum absolute atomic E-state index is 13.4. The molecule has 2 atom stereocenters. The minimum atomic E-state index is -0.651. The normalized spacial score (nSPS) is 21.6. The molecule has 1 aliphatic heterocycles. The van der Waals surface area contributed by atoms with Gasteiger partial charge in [0.15, 0.2) is 5.78 Å². The monoisotopic (exact) mass is 421 g/mol. The number of carbonyl (C=O) groups is 1. The zero-order chi connectivity index (χ0) is 20.2. The zero-order valence-electron chi connectivity index (χ0n) is 15.1. The number of halogens is 1. The standard InChI is InChI=1S/C22H16ClN3O2S/c23-15-11-9-14(10-12-15)18-19(20(27)17-8-4-5-13-24-17)21(29-22(18)26-28)25-16-6-2-1-3-7-16/h1-13,18-19,28H. The molecule has 1 fully saturated rings. The van der Waals surface area contributed by atoms with Gasteiger partial charge in [0.2, 0.25) is 0 Å². The summed E-state index contributed by atoms with van der Waals surface area (Å²) in [6.07, 6.45) is 1.59. The number of rotatable bonds is 4. The van der Waals surface area contributed by atoms with Crippen LogP contribution in [0, 0.1) is 5.92 Å². The van der Waals surface area contributed by atoms with Crippen LogP contribution in [0.2, 0.25) is 5.02 Å². The van der Waals surface area contributed by atoms with Gasteiger partial charge in [-0.15, -0.1) is 0 Å². The Balaban J connectivity index is 1.84. The second kappa shape index (κ2) is 8.59. The number of thioether (sulfide) groups is 1. The molecule has 0 spiro atoms. The molecule has 2 heterocycles. The molecule has 2 aromatic carbocycles. The van der Waals surface area contributed by atoms with Crippen molar-refractivity contribution in [2.24, 2.45) is 16.1 Å². The van der Waals surface area contributed by atoms with Crippen LogP contribution in [-0.2, 0) is 0 Å². The maximum Gasteiger partial charge on any atom is 0.191 e. The Kier molecular flexibility index (Phi) is 5.74. The molecule has 5 nitrogen and oxygen atoms in total. The van der Waals surface area contributed by atoms with Gasteiger partial charge in [0.25, 0.3) is 0 Å². The number of aliphatic imine (C=N–C) groups is 1. The molecule has 7 heteroatoms. The summed E-state index contributed by atoms with van der Waals surface area (Å²) >= 11 is 7.25. The molecule has 0 amide bonds. The molecule has 3 aromatic rings. The molecule has 0 bridgehead atoms. The van der Waals surface area contributed by atoms with Gasteiger partial charge in [-0.05, 0) is 42.0 Å². The van der Waals surface area contributed by atoms with E-state index in [4.69, 9.17) is 16.6 Å². The Morgan fingerprint density at radius 1 is 0.966 bits per heavy atom. The van der Waals surface area contributed by atoms with Crippen LogP contribution in [-0.4, -0.2) is 26.1 Å². The first-order valence-corrected chi connectivity index (χ1v) is 10.1. The minimum Gasteiger partial charge on any atom is -0.410 e. The quantitative estimate of drug-likeness (QED) is 0.339. The average molecular weight is 422 g/mol. The van der Waals surface area contributed by atoms with Gasteiger partial charge in [-0.2, -0.15) is 0 Å². The van der Waals surface area contributed by atoms with Crippen LogP contribution in [0.5, 0.6) is 0 Å². The van der Waals surface area contributed by atoms with Gasteiger partial charge >= 0.3 is 0 Å². The fourth-order valence-electron chi connectivity index (χ4n) is 3.26. The molecule has 0 radical (unpaired) electrons. The van der Waals surface area contributed by atoms with Crippen molar-refractivity contribution in [1.29, 1.82) is 0 Å². The van der Waals surface area contributed by atoms with Gasteiger partial charge in [-0.25, -0.2) is 4.99 Å². The summed E-state index contributed by atoms with van der Waals surface area (Å²) in [7, 11) is 0. The highest BCUT2D eigenvalue weighted by Crippen LogP contribution is 2.44. The number of carbonyl (C=O) groups excluding carboxylic acids is 1. The van der Waals surface area contributed by atoms with E-state index < -0.39 is 11.8 Å². The molecule has 1 aromatic heterocycles. The molecule has 29 heavy (non-hydrogen) atoms. The van der Waals surface area contributed by atoms with Gasteiger partial charge in [-0.3, -0.25) is 9.78 Å². The number of hydrogen-bond donors (Lipinski definition) is 1. The number of hydrogen-bond acceptors (Lipinski definition) is 6. The lowest BCUT2D eigenvalue weighted by Gasteiger charge is -2.18. The number of Topliss-reactive ketones (excluding diaryl/α,β-unsaturated/α-hetero) is 1. The van der Waals surface area contributed by atoms with E-state index in [1.165, 1.54) is 11.8 Å². The summed E-state index contributed by atoms with van der Waals surface area (Å²) in [6.45, 7) is 0. The maximum atomic E-state index is 13.4. The van der Waals surface area contributed by atoms with Crippen LogP contribution >= 0.6 is 23.4 Å². The fraction of sp³-hybridized carbons (Fsp3) is 0.0909. The van der Waals surface area contributed by atoms with E-state index in [-0.39, 0.29) is 5.78 Å². The summed E-state index contributed by atoms with van der Waals surface area (Å²) in [6, 6.07) is 21.8. The van der Waals surface area contributed by atoms with E-state index in [9.17, 15) is 10.0 Å². The molecule has 4 rings (SSSR count). The van der Waals surface area contributed by atoms with Crippen LogP contribution < -0.4 is 0 Å². The summed E-state index contributed by atoms with van der Waals surface area (Å²) < 4.78 is 0. The van der Waals surface area contributed by atoms with Crippen molar-refractivity contribution in [1.82, 2.24) is 4.98 Å². The van der Waals surface area contributed by atoms with Crippen LogP contribution in [0.1, 0.15) is 22.0 Å². The molecule has 1 saturated heterocycles. The van der Waals surface area contributed by atoms with Crippen molar-refractivity contribution in [3.05, 3.63) is 95.3 Å². The molecule has 0 aliphatic carbocycles. The van der Waals surface area contributed by atoms with Crippen LogP contribution in [0.3, 0.4) is 0 Å². The lowest BCUT2D eigenvalue weighted by Crippen LogP contribution is -2.26. The van der Waals surface area contributed by atoms with E-state index in [0.29, 0.717) is 20.8 Å². The minimum absolute atomic E-state index is 0.175. The van der Waals surface area contributed by atoms with E-state index >= 15 is 0 Å². The smallest absolute Gasteiger partial charge is 0.191 e. The van der Waals surface area contributed by atoms with Gasteiger partial charge in [0.05, 0.1) is 22.6 Å². The largest absolute Gasteiger partial charge is 0.410 e. The third-order valence-corrected chi connectivity index (χ3v) is 5.95. The van der Waals surface area contributed by atoms with E-state index in [1.807, 2.05) is 42.5 Å². The Morgan fingerprint density at radius 2 is 1.69 bits per heavy atom. The predicted octanol–water partition coefficient (Wildman–Crippen LogP) is 5.58. The number of para-hydroxylation sites is 1. The first-order valence-electron chi connectivity index (χ1n) is 8.91. The Labute approximate surface area is 177 Å². The molecule has 2 unspecified atom stereocenters. The third-order valence-electron chi connectivity index (χ3n) is 4.60. The second-order valence-electron chi connectivity index (χ2n) is 6.41. The Hall–Kier alpha value is -2.96. The number of oxime groups is 1. The van der Waals surface area contributed by atoms with E-state index in [0.717, 1.165) is 11.3 Å². The van der Waals surface area contributed by atoms with Gasteiger partial charge in [-0.1, -0.05) is 64.9 Å². The van der Waals surface area contributed by atoms with E-state index in [2.05, 4.69) is 10.1 Å². The van der Waals surface area contributed by atoms with Crippen LogP contribution in [0.4, 0.5) is 5.69 Å². The van der Waals surface area contributed by atoms with Gasteiger partial charge in [0, 0.05) is 11.2 Å². The highest BCUT2D eigenvalue weighted by Gasteiger charge is 2.45. The number of aromatic nitrogens is 1. The lowest BCUT2D eigenvalue weighted by atomic mass is 9.83. The van der Waals surface area contributed by atoms with Crippen molar-refractivity contribution < 1.29 is 10.0 Å². The summed E-state index contributed by atoms with van der Waals surface area (Å²) in [5.41, 5.74) is 1.89. The summed E-state index contributed by atoms with van der Waals surface area (Å²) in [5.74, 6) is -1.30. The number of ketones is 1. The van der Waals surface area contributed by atoms with Crippen molar-refractivity contribution >= 4 is 44.9 Å². The average Bonchev–Trinajstić information content (AvgIpc) is 3.13. The SMILES string of the molecule is O=C(c1ccccn1)C1C(=Nc2ccccc2)SC(=NO)C1c1ccc(Cl)cc1. The highest BCUT2D eigenvalue weighted by atomic mass is 35.5. The Bertz CT molecular complexity index is 1070. The molecule has 1 aliphatic rings. The van der Waals surface area contributed by atoms with Gasteiger partial charge < -0.3 is 5.21 Å². The molecular formula is C22H16ClN3O2S. The number of pyridine rings is 1. The van der Waals surface area contributed by atoms with Crippen molar-refractivity contribution in [2.45, 2.75) is 5.92 Å². The van der Waals surface area contributed by atoms with Crippen molar-refractivity contribution in [3.8, 4) is 0 Å². The van der Waals surface area contributed by atoms with Crippen molar-refractivity contribution in [2.75, 3.05) is 0 Å². The highest BCUT2D eigenvalue weighted by molar-refractivity contribution is 8.27. The first-order chi connectivity index (χ1) is 14.2. The molecule has 0 saturated carbocycles. The topological polar surface area (TPSA) is 74.9 Å². The Morgan fingerprint density at radius 3 is 2.34 bits per heavy atom. The predicted molar refractivity (Wildman–Crippen MR) is 117 cm³/mol. The first kappa shape index (κ1) is 19.4. The molecular weight excluding hydrogens is 406 g/mol. The van der Waals surface area contributed by atoms with E-state index in [1.54, 1.807) is 36.5 Å². The lowest BCUT2D eigenvalue weighted by molar-refractivity contribution is 0.0947. The molecule has 144 valence electrons.